The monoisotopic (exact) mass is 373 g/mol. The number of likely N-dealkylation sites (N-methyl/N-ethyl adjacent to an activating group) is 1. The lowest BCUT2D eigenvalue weighted by Gasteiger charge is -2.18. The van der Waals surface area contributed by atoms with E-state index in [0.717, 1.165) is 16.8 Å². The zero-order valence-electron chi connectivity index (χ0n) is 13.9. The topological polar surface area (TPSA) is 44.7 Å². The van der Waals surface area contributed by atoms with Crippen LogP contribution in [0, 0.1) is 0 Å². The van der Waals surface area contributed by atoms with Gasteiger partial charge >= 0.3 is 0 Å². The molecular weight excluding hydrogens is 357 g/mol. The lowest BCUT2D eigenvalue weighted by Crippen LogP contribution is -2.27. The first-order valence-electron chi connectivity index (χ1n) is 7.88. The van der Waals surface area contributed by atoms with Gasteiger partial charge in [-0.05, 0) is 31.2 Å². The molecule has 0 saturated carbocycles. The van der Waals surface area contributed by atoms with Crippen LogP contribution in [0.5, 0.6) is 0 Å². The summed E-state index contributed by atoms with van der Waals surface area (Å²) in [5.74, 6) is -0.202. The second-order valence-electron chi connectivity index (χ2n) is 5.55. The summed E-state index contributed by atoms with van der Waals surface area (Å²) < 4.78 is 0. The number of benzodiazepines with no additional fused rings is 1. The molecule has 1 heterocycles. The summed E-state index contributed by atoms with van der Waals surface area (Å²) in [6.45, 7) is 2.64. The molecule has 25 heavy (non-hydrogen) atoms. The molecule has 2 aromatic carbocycles. The summed E-state index contributed by atoms with van der Waals surface area (Å²) in [6.07, 6.45) is 1.63. The van der Waals surface area contributed by atoms with Gasteiger partial charge < -0.3 is 10.2 Å². The Bertz CT molecular complexity index is 890. The van der Waals surface area contributed by atoms with Crippen LogP contribution in [0.3, 0.4) is 0 Å². The average molecular weight is 374 g/mol. The number of nitrogens with zero attached hydrogens (tertiary/aromatic N) is 2. The molecule has 2 aromatic rings. The number of fused-ring (bicyclic) bond motifs is 1. The Labute approximate surface area is 156 Å². The minimum Gasteiger partial charge on any atom is -0.389 e. The van der Waals surface area contributed by atoms with Gasteiger partial charge in [-0.3, -0.25) is 4.79 Å². The molecule has 0 aromatic heterocycles. The Balaban J connectivity index is 2.30. The maximum atomic E-state index is 12.8. The number of benzene rings is 2. The summed E-state index contributed by atoms with van der Waals surface area (Å²) >= 11 is 12.6. The minimum absolute atomic E-state index is 0.202. The lowest BCUT2D eigenvalue weighted by molar-refractivity contribution is -0.114. The Kier molecular flexibility index (Phi) is 5.11. The molecule has 1 N–H and O–H groups in total. The molecule has 128 valence electrons. The molecule has 0 spiro atoms. The van der Waals surface area contributed by atoms with Gasteiger partial charge in [-0.15, -0.1) is 0 Å². The Morgan fingerprint density at radius 1 is 1.16 bits per heavy atom. The fraction of sp³-hybridized carbons (Fsp3) is 0.158. The third kappa shape index (κ3) is 3.41. The molecule has 0 fully saturated rings. The van der Waals surface area contributed by atoms with Gasteiger partial charge in [0.1, 0.15) is 5.70 Å². The van der Waals surface area contributed by atoms with E-state index >= 15 is 0 Å². The molecule has 4 nitrogen and oxygen atoms in total. The van der Waals surface area contributed by atoms with Crippen molar-refractivity contribution in [3.05, 3.63) is 75.5 Å². The second-order valence-corrected chi connectivity index (χ2v) is 6.40. The lowest BCUT2D eigenvalue weighted by atomic mass is 10.00. The Morgan fingerprint density at radius 3 is 2.64 bits per heavy atom. The first-order valence-corrected chi connectivity index (χ1v) is 8.63. The number of amides is 1. The Morgan fingerprint density at radius 2 is 1.92 bits per heavy atom. The smallest absolute Gasteiger partial charge is 0.278 e. The molecule has 3 rings (SSSR count). The van der Waals surface area contributed by atoms with Crippen LogP contribution in [0.2, 0.25) is 10.0 Å². The molecule has 0 saturated heterocycles. The molecule has 1 amide bonds. The van der Waals surface area contributed by atoms with Crippen molar-refractivity contribution in [1.29, 1.82) is 0 Å². The van der Waals surface area contributed by atoms with Gasteiger partial charge in [0.2, 0.25) is 0 Å². The quantitative estimate of drug-likeness (QED) is 0.816. The second kappa shape index (κ2) is 7.30. The van der Waals surface area contributed by atoms with Gasteiger partial charge in [-0.1, -0.05) is 41.4 Å². The summed E-state index contributed by atoms with van der Waals surface area (Å²) in [4.78, 5) is 19.0. The predicted molar refractivity (Wildman–Crippen MR) is 104 cm³/mol. The summed E-state index contributed by atoms with van der Waals surface area (Å²) in [5.41, 5.74) is 3.17. The number of aliphatic imine (C=N–C) groups is 1. The van der Waals surface area contributed by atoms with E-state index in [0.29, 0.717) is 28.0 Å². The van der Waals surface area contributed by atoms with Crippen molar-refractivity contribution >= 4 is 40.5 Å². The van der Waals surface area contributed by atoms with Crippen molar-refractivity contribution < 1.29 is 4.79 Å². The third-order valence-electron chi connectivity index (χ3n) is 3.90. The van der Waals surface area contributed by atoms with Gasteiger partial charge in [0.15, 0.2) is 0 Å². The average Bonchev–Trinajstić information content (AvgIpc) is 2.70. The summed E-state index contributed by atoms with van der Waals surface area (Å²) in [5, 5.41) is 4.18. The van der Waals surface area contributed by atoms with E-state index in [9.17, 15) is 4.79 Å². The number of hydrogen-bond donors (Lipinski definition) is 1. The van der Waals surface area contributed by atoms with E-state index in [2.05, 4.69) is 10.3 Å². The number of hydrogen-bond acceptors (Lipinski definition) is 3. The SMILES string of the molecule is CCNC=C1N=C(c2ccccc2Cl)c2cc(Cl)ccc2N(C)C1=O. The van der Waals surface area contributed by atoms with Gasteiger partial charge in [0.25, 0.3) is 5.91 Å². The summed E-state index contributed by atoms with van der Waals surface area (Å²) in [7, 11) is 1.72. The van der Waals surface area contributed by atoms with E-state index in [1.807, 2.05) is 31.2 Å². The fourth-order valence-electron chi connectivity index (χ4n) is 2.65. The zero-order valence-corrected chi connectivity index (χ0v) is 15.4. The van der Waals surface area contributed by atoms with Gasteiger partial charge in [-0.25, -0.2) is 4.99 Å². The van der Waals surface area contributed by atoms with Gasteiger partial charge in [0.05, 0.1) is 11.4 Å². The van der Waals surface area contributed by atoms with Crippen LogP contribution >= 0.6 is 23.2 Å². The van der Waals surface area contributed by atoms with Crippen molar-refractivity contribution in [2.45, 2.75) is 6.92 Å². The van der Waals surface area contributed by atoms with Crippen molar-refractivity contribution in [1.82, 2.24) is 5.32 Å². The number of carbonyl (C=O) groups is 1. The van der Waals surface area contributed by atoms with E-state index < -0.39 is 0 Å². The van der Waals surface area contributed by atoms with E-state index in [-0.39, 0.29) is 5.91 Å². The fourth-order valence-corrected chi connectivity index (χ4v) is 3.05. The van der Waals surface area contributed by atoms with Crippen LogP contribution in [0.4, 0.5) is 5.69 Å². The van der Waals surface area contributed by atoms with E-state index in [1.165, 1.54) is 0 Å². The molecule has 1 aliphatic heterocycles. The molecule has 1 aliphatic rings. The number of rotatable bonds is 3. The molecule has 0 radical (unpaired) electrons. The maximum absolute atomic E-state index is 12.8. The normalized spacial score (nSPS) is 15.7. The summed E-state index contributed by atoms with van der Waals surface area (Å²) in [6, 6.07) is 12.8. The van der Waals surface area contributed by atoms with Crippen molar-refractivity contribution in [2.75, 3.05) is 18.5 Å². The molecular formula is C19H17Cl2N3O. The van der Waals surface area contributed by atoms with Crippen molar-refractivity contribution in [3.8, 4) is 0 Å². The number of carbonyl (C=O) groups excluding carboxylic acids is 1. The highest BCUT2D eigenvalue weighted by Crippen LogP contribution is 2.32. The van der Waals surface area contributed by atoms with Crippen LogP contribution in [0.25, 0.3) is 0 Å². The van der Waals surface area contributed by atoms with Crippen molar-refractivity contribution in [3.63, 3.8) is 0 Å². The van der Waals surface area contributed by atoms with Crippen LogP contribution in [-0.4, -0.2) is 25.2 Å². The molecule has 0 bridgehead atoms. The van der Waals surface area contributed by atoms with Crippen LogP contribution in [-0.2, 0) is 4.79 Å². The standard InChI is InChI=1S/C19H17Cl2N3O/c1-3-22-11-16-19(25)24(2)17-9-8-12(20)10-14(17)18(23-16)13-6-4-5-7-15(13)21/h4-11,22H,3H2,1-2H3. The minimum atomic E-state index is -0.202. The molecule has 0 aliphatic carbocycles. The van der Waals surface area contributed by atoms with Crippen LogP contribution in [0.15, 0.2) is 59.4 Å². The number of nitrogens with one attached hydrogen (secondary N) is 1. The van der Waals surface area contributed by atoms with Crippen molar-refractivity contribution in [2.24, 2.45) is 4.99 Å². The van der Waals surface area contributed by atoms with E-state index in [4.69, 9.17) is 23.2 Å². The van der Waals surface area contributed by atoms with E-state index in [1.54, 1.807) is 36.3 Å². The zero-order chi connectivity index (χ0) is 18.0. The molecule has 0 atom stereocenters. The predicted octanol–water partition coefficient (Wildman–Crippen LogP) is 4.26. The van der Waals surface area contributed by atoms with Gasteiger partial charge in [-0.2, -0.15) is 0 Å². The van der Waals surface area contributed by atoms with Crippen LogP contribution in [0.1, 0.15) is 18.1 Å². The molecule has 0 unspecified atom stereocenters. The highest BCUT2D eigenvalue weighted by Gasteiger charge is 2.27. The third-order valence-corrected chi connectivity index (χ3v) is 4.47. The maximum Gasteiger partial charge on any atom is 0.278 e. The Hall–Kier alpha value is -2.30. The first-order chi connectivity index (χ1) is 12.0. The highest BCUT2D eigenvalue weighted by atomic mass is 35.5. The van der Waals surface area contributed by atoms with Crippen LogP contribution < -0.4 is 10.2 Å². The van der Waals surface area contributed by atoms with Gasteiger partial charge in [0, 0.05) is 41.0 Å². The molecule has 6 heteroatoms. The number of anilines is 1. The largest absolute Gasteiger partial charge is 0.389 e. The highest BCUT2D eigenvalue weighted by molar-refractivity contribution is 6.37. The first kappa shape index (κ1) is 17.5. The number of halogens is 2.